The molecule has 3 N–H and O–H groups in total. The molecule has 1 aliphatic heterocycles. The Morgan fingerprint density at radius 2 is 1.91 bits per heavy atom. The van der Waals surface area contributed by atoms with Crippen LogP contribution in [0.3, 0.4) is 0 Å². The molecule has 0 amide bonds. The lowest BCUT2D eigenvalue weighted by atomic mass is 9.84. The minimum atomic E-state index is -0.822. The number of aliphatic hydroxyl groups excluding tert-OH is 1. The molecule has 1 aromatic heterocycles. The Hall–Kier alpha value is -2.55. The Morgan fingerprint density at radius 3 is 2.58 bits per heavy atom. The van der Waals surface area contributed by atoms with E-state index in [9.17, 15) is 15.0 Å². The Labute approximate surface area is 195 Å². The Kier molecular flexibility index (Phi) is 8.77. The van der Waals surface area contributed by atoms with Gasteiger partial charge in [0, 0.05) is 30.9 Å². The van der Waals surface area contributed by atoms with Gasteiger partial charge < -0.3 is 34.3 Å². The number of benzene rings is 1. The number of rotatable bonds is 10. The minimum absolute atomic E-state index is 0.0544. The summed E-state index contributed by atoms with van der Waals surface area (Å²) in [4.78, 5) is 17.0. The molecule has 1 atom stereocenters. The zero-order valence-corrected chi connectivity index (χ0v) is 19.8. The molecular weight excluding hydrogens is 424 g/mol. The van der Waals surface area contributed by atoms with Gasteiger partial charge in [0.1, 0.15) is 12.7 Å². The number of piperidine rings is 1. The molecule has 0 spiro atoms. The molecule has 2 heterocycles. The molecule has 1 fully saturated rings. The van der Waals surface area contributed by atoms with Crippen LogP contribution in [-0.2, 0) is 10.3 Å². The summed E-state index contributed by atoms with van der Waals surface area (Å²) in [5.41, 5.74) is 1.74. The standard InChI is InChI=1S/C25H36N2O6/c1-4-5-15-31-24(29)33-23-22(18(2)19(3)26-23)32-17-21(28)16-27-13-11-25(30,12-14-27)20-9-7-6-8-10-20/h6-10,21,26,28,30H,4-5,11-17H2,1-3H3. The summed E-state index contributed by atoms with van der Waals surface area (Å²) in [5.74, 6) is 0.584. The number of β-amino-alcohol motifs (C(OH)–C–C–N with tert-alkyl or cyclic N) is 1. The van der Waals surface area contributed by atoms with Crippen LogP contribution in [0.5, 0.6) is 11.6 Å². The predicted octanol–water partition coefficient (Wildman–Crippen LogP) is 3.67. The number of aliphatic hydroxyl groups is 2. The molecule has 33 heavy (non-hydrogen) atoms. The maximum Gasteiger partial charge on any atom is 0.515 e. The van der Waals surface area contributed by atoms with Crippen LogP contribution in [0, 0.1) is 13.8 Å². The van der Waals surface area contributed by atoms with Gasteiger partial charge in [0.05, 0.1) is 12.2 Å². The van der Waals surface area contributed by atoms with E-state index < -0.39 is 17.9 Å². The van der Waals surface area contributed by atoms with Crippen molar-refractivity contribution < 1.29 is 29.2 Å². The summed E-state index contributed by atoms with van der Waals surface area (Å²) in [6.45, 7) is 7.88. The number of unbranched alkanes of at least 4 members (excludes halogenated alkanes) is 1. The first-order valence-corrected chi connectivity index (χ1v) is 11.7. The summed E-state index contributed by atoms with van der Waals surface area (Å²) in [7, 11) is 0. The van der Waals surface area contributed by atoms with Gasteiger partial charge in [0.2, 0.25) is 5.88 Å². The van der Waals surface area contributed by atoms with Crippen LogP contribution in [0.4, 0.5) is 4.79 Å². The van der Waals surface area contributed by atoms with E-state index in [2.05, 4.69) is 9.88 Å². The van der Waals surface area contributed by atoms with Crippen LogP contribution in [-0.4, -0.2) is 65.2 Å². The smallest absolute Gasteiger partial charge is 0.485 e. The van der Waals surface area contributed by atoms with Crippen molar-refractivity contribution >= 4 is 6.16 Å². The third kappa shape index (κ3) is 6.72. The van der Waals surface area contributed by atoms with Crippen molar-refractivity contribution in [2.45, 2.75) is 58.2 Å². The van der Waals surface area contributed by atoms with Crippen LogP contribution < -0.4 is 9.47 Å². The molecule has 182 valence electrons. The van der Waals surface area contributed by atoms with E-state index in [4.69, 9.17) is 14.2 Å². The number of hydrogen-bond acceptors (Lipinski definition) is 7. The number of ether oxygens (including phenoxy) is 3. The summed E-state index contributed by atoms with van der Waals surface area (Å²) < 4.78 is 16.2. The molecule has 3 rings (SSSR count). The number of H-pyrrole nitrogens is 1. The van der Waals surface area contributed by atoms with Crippen molar-refractivity contribution in [3.8, 4) is 11.6 Å². The number of aromatic amines is 1. The molecule has 8 nitrogen and oxygen atoms in total. The molecule has 1 aromatic carbocycles. The maximum absolute atomic E-state index is 11.9. The van der Waals surface area contributed by atoms with Crippen molar-refractivity contribution in [1.82, 2.24) is 9.88 Å². The number of likely N-dealkylation sites (tertiary alicyclic amines) is 1. The summed E-state index contributed by atoms with van der Waals surface area (Å²) in [6.07, 6.45) is 1.40. The monoisotopic (exact) mass is 460 g/mol. The van der Waals surface area contributed by atoms with Gasteiger partial charge in [0.15, 0.2) is 5.75 Å². The van der Waals surface area contributed by atoms with Gasteiger partial charge in [-0.15, -0.1) is 0 Å². The van der Waals surface area contributed by atoms with Crippen molar-refractivity contribution in [3.05, 3.63) is 47.2 Å². The summed E-state index contributed by atoms with van der Waals surface area (Å²) in [6, 6.07) is 9.73. The first-order chi connectivity index (χ1) is 15.8. The van der Waals surface area contributed by atoms with Gasteiger partial charge >= 0.3 is 6.16 Å². The lowest BCUT2D eigenvalue weighted by Gasteiger charge is -2.39. The number of carbonyl (C=O) groups excluding carboxylic acids is 1. The quantitative estimate of drug-likeness (QED) is 0.367. The maximum atomic E-state index is 11.9. The van der Waals surface area contributed by atoms with Crippen LogP contribution in [0.25, 0.3) is 0 Å². The fraction of sp³-hybridized carbons (Fsp3) is 0.560. The fourth-order valence-corrected chi connectivity index (χ4v) is 3.99. The molecule has 0 aliphatic carbocycles. The number of nitrogens with zero attached hydrogens (tertiary/aromatic N) is 1. The predicted molar refractivity (Wildman–Crippen MR) is 125 cm³/mol. The second kappa shape index (κ2) is 11.5. The highest BCUT2D eigenvalue weighted by Gasteiger charge is 2.34. The molecule has 0 bridgehead atoms. The highest BCUT2D eigenvalue weighted by molar-refractivity contribution is 5.65. The normalized spacial score (nSPS) is 16.9. The Balaban J connectivity index is 1.49. The van der Waals surface area contributed by atoms with Gasteiger partial charge in [0.25, 0.3) is 0 Å². The fourth-order valence-electron chi connectivity index (χ4n) is 3.99. The largest absolute Gasteiger partial charge is 0.515 e. The molecule has 1 unspecified atom stereocenters. The van der Waals surface area contributed by atoms with E-state index in [0.29, 0.717) is 44.8 Å². The van der Waals surface area contributed by atoms with Gasteiger partial charge in [-0.2, -0.15) is 0 Å². The van der Waals surface area contributed by atoms with Crippen LogP contribution in [0.2, 0.25) is 0 Å². The van der Waals surface area contributed by atoms with Gasteiger partial charge in [-0.05, 0) is 38.7 Å². The third-order valence-corrected chi connectivity index (χ3v) is 6.20. The number of aromatic nitrogens is 1. The molecule has 0 radical (unpaired) electrons. The van der Waals surface area contributed by atoms with Crippen LogP contribution in [0.15, 0.2) is 30.3 Å². The highest BCUT2D eigenvalue weighted by Crippen LogP contribution is 2.34. The average Bonchev–Trinajstić information content (AvgIpc) is 3.07. The molecule has 8 heteroatoms. The van der Waals surface area contributed by atoms with E-state index in [1.807, 2.05) is 51.1 Å². The summed E-state index contributed by atoms with van der Waals surface area (Å²) in [5, 5.41) is 21.5. The number of nitrogens with one attached hydrogen (secondary N) is 1. The average molecular weight is 461 g/mol. The number of carbonyl (C=O) groups is 1. The number of aryl methyl sites for hydroxylation is 1. The second-order valence-corrected chi connectivity index (χ2v) is 8.75. The zero-order valence-electron chi connectivity index (χ0n) is 19.8. The van der Waals surface area contributed by atoms with Crippen molar-refractivity contribution in [1.29, 1.82) is 0 Å². The molecule has 1 saturated heterocycles. The molecule has 0 saturated carbocycles. The summed E-state index contributed by atoms with van der Waals surface area (Å²) >= 11 is 0. The van der Waals surface area contributed by atoms with Crippen molar-refractivity contribution in [2.75, 3.05) is 32.8 Å². The number of hydrogen-bond donors (Lipinski definition) is 3. The highest BCUT2D eigenvalue weighted by atomic mass is 16.7. The molecule has 2 aromatic rings. The SMILES string of the molecule is CCCCOC(=O)Oc1[nH]c(C)c(C)c1OCC(O)CN1CCC(O)(c2ccccc2)CC1. The van der Waals surface area contributed by atoms with E-state index in [0.717, 1.165) is 29.7 Å². The van der Waals surface area contributed by atoms with E-state index >= 15 is 0 Å². The lowest BCUT2D eigenvalue weighted by Crippen LogP contribution is -2.46. The lowest BCUT2D eigenvalue weighted by molar-refractivity contribution is -0.0373. The van der Waals surface area contributed by atoms with Crippen molar-refractivity contribution in [2.24, 2.45) is 0 Å². The minimum Gasteiger partial charge on any atom is -0.485 e. The first kappa shape index (κ1) is 25.1. The first-order valence-electron chi connectivity index (χ1n) is 11.7. The van der Waals surface area contributed by atoms with Crippen LogP contribution in [0.1, 0.15) is 49.4 Å². The van der Waals surface area contributed by atoms with Crippen molar-refractivity contribution in [3.63, 3.8) is 0 Å². The van der Waals surface area contributed by atoms with E-state index in [1.54, 1.807) is 0 Å². The molecular formula is C25H36N2O6. The van der Waals surface area contributed by atoms with Crippen LogP contribution >= 0.6 is 0 Å². The second-order valence-electron chi connectivity index (χ2n) is 8.75. The Bertz CT molecular complexity index is 890. The Morgan fingerprint density at radius 1 is 1.21 bits per heavy atom. The topological polar surface area (TPSA) is 104 Å². The molecule has 1 aliphatic rings. The van der Waals surface area contributed by atoms with Gasteiger partial charge in [-0.25, -0.2) is 4.79 Å². The zero-order chi connectivity index (χ0) is 23.8. The van der Waals surface area contributed by atoms with Gasteiger partial charge in [-0.1, -0.05) is 43.7 Å². The van der Waals surface area contributed by atoms with E-state index in [-0.39, 0.29) is 12.5 Å². The van der Waals surface area contributed by atoms with Gasteiger partial charge in [-0.3, -0.25) is 0 Å². The third-order valence-electron chi connectivity index (χ3n) is 6.20. The van der Waals surface area contributed by atoms with E-state index in [1.165, 1.54) is 0 Å².